The Morgan fingerprint density at radius 2 is 2.06 bits per heavy atom. The topological polar surface area (TPSA) is 120 Å². The summed E-state index contributed by atoms with van der Waals surface area (Å²) >= 11 is 0. The molecule has 1 saturated heterocycles. The first-order valence-corrected chi connectivity index (χ1v) is 10.2. The van der Waals surface area contributed by atoms with Crippen LogP contribution in [0, 0.1) is 18.3 Å². The highest BCUT2D eigenvalue weighted by atomic mass is 16.2. The number of para-hydroxylation sites is 2. The average molecular weight is 418 g/mol. The van der Waals surface area contributed by atoms with E-state index < -0.39 is 0 Å². The number of amides is 2. The SMILES string of the molecule is Cc1c(C#N)c2nc3ccccc3n2c(=O)c1=CNNC(=O)CN1CCCCCC1=O. The molecule has 1 fully saturated rings. The Morgan fingerprint density at radius 1 is 1.26 bits per heavy atom. The van der Waals surface area contributed by atoms with E-state index in [0.29, 0.717) is 40.8 Å². The van der Waals surface area contributed by atoms with Gasteiger partial charge in [-0.05, 0) is 37.5 Å². The number of carbonyl (C=O) groups excluding carboxylic acids is 2. The first-order chi connectivity index (χ1) is 15.0. The van der Waals surface area contributed by atoms with Crippen molar-refractivity contribution in [2.75, 3.05) is 13.1 Å². The van der Waals surface area contributed by atoms with E-state index in [1.54, 1.807) is 30.0 Å². The molecule has 0 atom stereocenters. The molecular formula is C22H22N6O3. The fourth-order valence-corrected chi connectivity index (χ4v) is 3.89. The summed E-state index contributed by atoms with van der Waals surface area (Å²) in [4.78, 5) is 43.4. The lowest BCUT2D eigenvalue weighted by Crippen LogP contribution is -2.45. The monoisotopic (exact) mass is 418 g/mol. The summed E-state index contributed by atoms with van der Waals surface area (Å²) in [6.07, 6.45) is 4.54. The lowest BCUT2D eigenvalue weighted by atomic mass is 10.1. The van der Waals surface area contributed by atoms with Gasteiger partial charge in [-0.2, -0.15) is 5.26 Å². The number of nitriles is 1. The predicted molar refractivity (Wildman–Crippen MR) is 114 cm³/mol. The predicted octanol–water partition coefficient (Wildman–Crippen LogP) is 0.508. The molecule has 31 heavy (non-hydrogen) atoms. The van der Waals surface area contributed by atoms with E-state index in [4.69, 9.17) is 0 Å². The van der Waals surface area contributed by atoms with Crippen LogP contribution >= 0.6 is 0 Å². The number of hydrogen-bond acceptors (Lipinski definition) is 6. The number of likely N-dealkylation sites (tertiary alicyclic amines) is 1. The largest absolute Gasteiger partial charge is 0.333 e. The van der Waals surface area contributed by atoms with Crippen LogP contribution < -0.4 is 21.6 Å². The van der Waals surface area contributed by atoms with Gasteiger partial charge in [0.05, 0.1) is 21.8 Å². The molecule has 0 saturated carbocycles. The Hall–Kier alpha value is -3.93. The van der Waals surface area contributed by atoms with E-state index in [2.05, 4.69) is 21.9 Å². The zero-order chi connectivity index (χ0) is 22.0. The number of hydrazine groups is 1. The van der Waals surface area contributed by atoms with Crippen LogP contribution in [0.1, 0.15) is 36.8 Å². The van der Waals surface area contributed by atoms with Gasteiger partial charge >= 0.3 is 0 Å². The van der Waals surface area contributed by atoms with Gasteiger partial charge in [-0.1, -0.05) is 18.6 Å². The third kappa shape index (κ3) is 3.80. The van der Waals surface area contributed by atoms with Crippen molar-refractivity contribution in [1.82, 2.24) is 25.1 Å². The van der Waals surface area contributed by atoms with E-state index in [-0.39, 0.29) is 29.1 Å². The van der Waals surface area contributed by atoms with Gasteiger partial charge < -0.3 is 10.3 Å². The van der Waals surface area contributed by atoms with Crippen molar-refractivity contribution >= 4 is 34.7 Å². The van der Waals surface area contributed by atoms with Crippen molar-refractivity contribution in [3.8, 4) is 6.07 Å². The Morgan fingerprint density at radius 3 is 2.87 bits per heavy atom. The van der Waals surface area contributed by atoms with Gasteiger partial charge in [0.2, 0.25) is 5.91 Å². The van der Waals surface area contributed by atoms with Crippen LogP contribution in [0.2, 0.25) is 0 Å². The van der Waals surface area contributed by atoms with Gasteiger partial charge in [0, 0.05) is 19.2 Å². The summed E-state index contributed by atoms with van der Waals surface area (Å²) < 4.78 is 1.41. The minimum Gasteiger partial charge on any atom is -0.333 e. The molecule has 1 aliphatic rings. The van der Waals surface area contributed by atoms with E-state index in [1.165, 1.54) is 10.6 Å². The molecule has 1 aromatic carbocycles. The number of aromatic nitrogens is 2. The summed E-state index contributed by atoms with van der Waals surface area (Å²) in [6, 6.07) is 9.30. The van der Waals surface area contributed by atoms with Crippen LogP contribution in [-0.4, -0.2) is 39.2 Å². The maximum atomic E-state index is 13.1. The van der Waals surface area contributed by atoms with E-state index in [9.17, 15) is 19.6 Å². The number of imidazole rings is 1. The van der Waals surface area contributed by atoms with Crippen molar-refractivity contribution in [2.24, 2.45) is 0 Å². The van der Waals surface area contributed by atoms with Gasteiger partial charge in [0.15, 0.2) is 5.65 Å². The number of rotatable bonds is 4. The molecule has 0 unspecified atom stereocenters. The Labute approximate surface area is 177 Å². The Kier molecular flexibility index (Phi) is 5.54. The number of hydrogen-bond donors (Lipinski definition) is 2. The first kappa shape index (κ1) is 20.3. The maximum absolute atomic E-state index is 13.1. The van der Waals surface area contributed by atoms with Gasteiger partial charge in [-0.3, -0.25) is 24.2 Å². The fraction of sp³-hybridized carbons (Fsp3) is 0.318. The van der Waals surface area contributed by atoms with Crippen molar-refractivity contribution in [2.45, 2.75) is 32.6 Å². The summed E-state index contributed by atoms with van der Waals surface area (Å²) in [5.74, 6) is -0.406. The standard InChI is InChI=1S/C22H22N6O3/c1-14-15(11-23)21-25-17-7-4-5-8-18(17)28(21)22(31)16(14)12-24-26-19(29)13-27-10-6-2-3-9-20(27)30/h4-5,7-8,12,24H,2-3,6,9-10,13H2,1H3,(H,26,29). The first-order valence-electron chi connectivity index (χ1n) is 10.2. The van der Waals surface area contributed by atoms with Crippen LogP contribution in [0.5, 0.6) is 0 Å². The molecule has 158 valence electrons. The molecular weight excluding hydrogens is 396 g/mol. The summed E-state index contributed by atoms with van der Waals surface area (Å²) in [6.45, 7) is 2.19. The molecule has 1 aliphatic heterocycles. The number of nitrogens with one attached hydrogen (secondary N) is 2. The van der Waals surface area contributed by atoms with Gasteiger partial charge in [0.1, 0.15) is 12.6 Å². The molecule has 2 N–H and O–H groups in total. The summed E-state index contributed by atoms with van der Waals surface area (Å²) in [5, 5.41) is 9.90. The molecule has 0 aliphatic carbocycles. The van der Waals surface area contributed by atoms with Crippen molar-refractivity contribution in [3.63, 3.8) is 0 Å². The number of pyridine rings is 1. The molecule has 0 bridgehead atoms. The minimum atomic E-state index is -0.383. The smallest absolute Gasteiger partial charge is 0.265 e. The highest BCUT2D eigenvalue weighted by Crippen LogP contribution is 2.17. The second-order valence-corrected chi connectivity index (χ2v) is 7.55. The normalized spacial score (nSPS) is 15.2. The van der Waals surface area contributed by atoms with E-state index >= 15 is 0 Å². The molecule has 3 heterocycles. The van der Waals surface area contributed by atoms with Crippen LogP contribution in [0.25, 0.3) is 22.9 Å². The third-order valence-corrected chi connectivity index (χ3v) is 5.54. The van der Waals surface area contributed by atoms with Crippen molar-refractivity contribution < 1.29 is 9.59 Å². The van der Waals surface area contributed by atoms with Crippen molar-refractivity contribution in [1.29, 1.82) is 5.26 Å². The molecule has 9 nitrogen and oxygen atoms in total. The Balaban J connectivity index is 1.62. The molecule has 4 rings (SSSR count). The maximum Gasteiger partial charge on any atom is 0.265 e. The molecule has 9 heteroatoms. The quantitative estimate of drug-likeness (QED) is 0.596. The minimum absolute atomic E-state index is 0.0228. The van der Waals surface area contributed by atoms with Crippen LogP contribution in [-0.2, 0) is 9.59 Å². The molecule has 0 spiro atoms. The number of benzene rings is 1. The van der Waals surface area contributed by atoms with Gasteiger partial charge in [0.25, 0.3) is 11.5 Å². The molecule has 2 aromatic heterocycles. The second-order valence-electron chi connectivity index (χ2n) is 7.55. The van der Waals surface area contributed by atoms with Gasteiger partial charge in [-0.25, -0.2) is 4.98 Å². The van der Waals surface area contributed by atoms with Crippen LogP contribution in [0.4, 0.5) is 0 Å². The number of nitrogens with zero attached hydrogens (tertiary/aromatic N) is 4. The fourth-order valence-electron chi connectivity index (χ4n) is 3.89. The van der Waals surface area contributed by atoms with Crippen LogP contribution in [0.3, 0.4) is 0 Å². The highest BCUT2D eigenvalue weighted by Gasteiger charge is 2.19. The van der Waals surface area contributed by atoms with Gasteiger partial charge in [-0.15, -0.1) is 0 Å². The van der Waals surface area contributed by atoms with Crippen molar-refractivity contribution in [3.05, 3.63) is 51.0 Å². The number of carbonyl (C=O) groups is 2. The highest BCUT2D eigenvalue weighted by molar-refractivity contribution is 5.85. The second kappa shape index (κ2) is 8.44. The van der Waals surface area contributed by atoms with E-state index in [0.717, 1.165) is 19.3 Å². The van der Waals surface area contributed by atoms with E-state index in [1.807, 2.05) is 6.07 Å². The lowest BCUT2D eigenvalue weighted by molar-refractivity contribution is -0.135. The third-order valence-electron chi connectivity index (χ3n) is 5.54. The zero-order valence-corrected chi connectivity index (χ0v) is 17.1. The Bertz CT molecular complexity index is 1340. The van der Waals surface area contributed by atoms with Crippen LogP contribution in [0.15, 0.2) is 29.1 Å². The molecule has 0 radical (unpaired) electrons. The lowest BCUT2D eigenvalue weighted by Gasteiger charge is -2.19. The number of fused-ring (bicyclic) bond motifs is 3. The molecule has 2 amide bonds. The average Bonchev–Trinajstić information content (AvgIpc) is 3.03. The molecule has 3 aromatic rings. The summed E-state index contributed by atoms with van der Waals surface area (Å²) in [5.41, 5.74) is 7.13. The summed E-state index contributed by atoms with van der Waals surface area (Å²) in [7, 11) is 0. The zero-order valence-electron chi connectivity index (χ0n) is 17.1.